The van der Waals surface area contributed by atoms with E-state index in [4.69, 9.17) is 14.6 Å². The number of hydrogen-bond donors (Lipinski definition) is 2. The first-order chi connectivity index (χ1) is 19.0. The summed E-state index contributed by atoms with van der Waals surface area (Å²) in [6, 6.07) is 8.20. The third kappa shape index (κ3) is 8.82. The third-order valence-corrected chi connectivity index (χ3v) is 10.0. The summed E-state index contributed by atoms with van der Waals surface area (Å²) < 4.78 is 11.5. The summed E-state index contributed by atoms with van der Waals surface area (Å²) in [5.74, 6) is 3.63. The van der Waals surface area contributed by atoms with E-state index in [1.807, 2.05) is 12.1 Å². The lowest BCUT2D eigenvalue weighted by Crippen LogP contribution is -2.33. The van der Waals surface area contributed by atoms with Crippen LogP contribution in [-0.2, 0) is 9.53 Å². The molecule has 0 spiro atoms. The van der Waals surface area contributed by atoms with Gasteiger partial charge >= 0.3 is 5.97 Å². The zero-order valence-electron chi connectivity index (χ0n) is 24.2. The Morgan fingerprint density at radius 3 is 2.10 bits per heavy atom. The Morgan fingerprint density at radius 1 is 0.897 bits per heavy atom. The van der Waals surface area contributed by atoms with Crippen LogP contribution < -0.4 is 4.74 Å². The van der Waals surface area contributed by atoms with Gasteiger partial charge in [0.2, 0.25) is 0 Å². The van der Waals surface area contributed by atoms with E-state index >= 15 is 0 Å². The van der Waals surface area contributed by atoms with Crippen LogP contribution >= 0.6 is 0 Å². The Morgan fingerprint density at radius 2 is 1.51 bits per heavy atom. The molecule has 3 saturated carbocycles. The predicted octanol–water partition coefficient (Wildman–Crippen LogP) is 7.69. The molecule has 3 aliphatic carbocycles. The lowest BCUT2D eigenvalue weighted by molar-refractivity contribution is -0.146. The Hall–Kier alpha value is -1.85. The Balaban J connectivity index is 1.15. The van der Waals surface area contributed by atoms with Gasteiger partial charge in [-0.1, -0.05) is 64.2 Å². The average molecular weight is 541 g/mol. The zero-order valence-corrected chi connectivity index (χ0v) is 24.2. The van der Waals surface area contributed by atoms with E-state index in [0.717, 1.165) is 62.0 Å². The number of ether oxygens (including phenoxy) is 2. The summed E-state index contributed by atoms with van der Waals surface area (Å²) in [5.41, 5.74) is 1.38. The molecule has 1 aromatic carbocycles. The topological polar surface area (TPSA) is 76.0 Å². The third-order valence-electron chi connectivity index (χ3n) is 10.0. The molecule has 0 aromatic heterocycles. The van der Waals surface area contributed by atoms with E-state index in [9.17, 15) is 9.90 Å². The van der Waals surface area contributed by atoms with Gasteiger partial charge in [-0.25, -0.2) is 4.79 Å². The van der Waals surface area contributed by atoms with Crippen LogP contribution in [0.4, 0.5) is 0 Å². The van der Waals surface area contributed by atoms with E-state index in [0.29, 0.717) is 5.92 Å². The maximum atomic E-state index is 11.9. The summed E-state index contributed by atoms with van der Waals surface area (Å²) in [6.07, 6.45) is 18.6. The molecule has 4 rings (SSSR count). The Kier molecular flexibility index (Phi) is 11.8. The second-order valence-corrected chi connectivity index (χ2v) is 12.7. The lowest BCUT2D eigenvalue weighted by Gasteiger charge is -2.38. The summed E-state index contributed by atoms with van der Waals surface area (Å²) >= 11 is 0. The summed E-state index contributed by atoms with van der Waals surface area (Å²) in [6.45, 7) is 5.47. The number of rotatable bonds is 12. The molecule has 0 bridgehead atoms. The van der Waals surface area contributed by atoms with E-state index in [2.05, 4.69) is 25.6 Å². The minimum atomic E-state index is -0.732. The highest BCUT2D eigenvalue weighted by Crippen LogP contribution is 2.43. The van der Waals surface area contributed by atoms with Crippen molar-refractivity contribution in [1.82, 2.24) is 0 Å². The van der Waals surface area contributed by atoms with Crippen LogP contribution in [0, 0.1) is 23.7 Å². The standard InChI is InChI=1S/C34H52O5/c1-3-4-5-6-25-7-9-26(10-8-25)27-11-13-30(14-12-27)34(37)39-32-21-17-29(18-22-32)28-15-19-31(20-16-28)38-33(36)24(2)23-35/h17-18,21-22,25-28,30-31,34-35,37H,2-16,19-20,23H2,1H3. The first-order valence-corrected chi connectivity index (χ1v) is 15.9. The van der Waals surface area contributed by atoms with E-state index < -0.39 is 12.3 Å². The molecule has 218 valence electrons. The molecule has 0 radical (unpaired) electrons. The minimum Gasteiger partial charge on any atom is -0.465 e. The van der Waals surface area contributed by atoms with Crippen molar-refractivity contribution in [2.45, 2.75) is 128 Å². The monoisotopic (exact) mass is 540 g/mol. The summed E-state index contributed by atoms with van der Waals surface area (Å²) in [7, 11) is 0. The highest BCUT2D eigenvalue weighted by molar-refractivity contribution is 5.88. The lowest BCUT2D eigenvalue weighted by atomic mass is 9.68. The van der Waals surface area contributed by atoms with Gasteiger partial charge in [0.25, 0.3) is 0 Å². The predicted molar refractivity (Wildman–Crippen MR) is 155 cm³/mol. The molecule has 0 heterocycles. The maximum absolute atomic E-state index is 11.9. The van der Waals surface area contributed by atoms with Crippen LogP contribution in [0.5, 0.6) is 5.75 Å². The average Bonchev–Trinajstić information content (AvgIpc) is 2.98. The highest BCUT2D eigenvalue weighted by atomic mass is 16.6. The number of unbranched alkanes of at least 4 members (excludes halogenated alkanes) is 2. The fraction of sp³-hybridized carbons (Fsp3) is 0.735. The van der Waals surface area contributed by atoms with Gasteiger partial charge < -0.3 is 19.7 Å². The molecule has 1 aromatic rings. The molecular weight excluding hydrogens is 488 g/mol. The fourth-order valence-electron chi connectivity index (χ4n) is 7.40. The molecule has 0 aliphatic heterocycles. The second-order valence-electron chi connectivity index (χ2n) is 12.7. The van der Waals surface area contributed by atoms with Gasteiger partial charge in [-0.05, 0) is 106 Å². The smallest absolute Gasteiger partial charge is 0.336 e. The SMILES string of the molecule is C=C(CO)C(=O)OC1CCC(c2ccc(OC(O)C3CCC(C4CCC(CCCCC)CC4)CC3)cc2)CC1. The van der Waals surface area contributed by atoms with E-state index in [-0.39, 0.29) is 24.2 Å². The van der Waals surface area contributed by atoms with Crippen LogP contribution in [0.3, 0.4) is 0 Å². The van der Waals surface area contributed by atoms with Crippen LogP contribution in [0.2, 0.25) is 0 Å². The molecule has 2 N–H and O–H groups in total. The normalized spacial score (nSPS) is 30.3. The molecule has 0 saturated heterocycles. The van der Waals surface area contributed by atoms with Gasteiger partial charge in [0.15, 0.2) is 6.29 Å². The first-order valence-electron chi connectivity index (χ1n) is 15.9. The van der Waals surface area contributed by atoms with Crippen molar-refractivity contribution in [3.8, 4) is 5.75 Å². The number of aliphatic hydroxyl groups excluding tert-OH is 2. The number of esters is 1. The Bertz CT molecular complexity index is 871. The van der Waals surface area contributed by atoms with Gasteiger partial charge in [-0.15, -0.1) is 0 Å². The van der Waals surface area contributed by atoms with E-state index in [1.165, 1.54) is 69.8 Å². The van der Waals surface area contributed by atoms with Gasteiger partial charge in [0, 0.05) is 5.92 Å². The number of carbonyl (C=O) groups excluding carboxylic acids is 1. The second kappa shape index (κ2) is 15.2. The van der Waals surface area contributed by atoms with Crippen molar-refractivity contribution < 1.29 is 24.5 Å². The van der Waals surface area contributed by atoms with Crippen molar-refractivity contribution in [3.05, 3.63) is 42.0 Å². The molecule has 1 atom stereocenters. The highest BCUT2D eigenvalue weighted by Gasteiger charge is 2.33. The van der Waals surface area contributed by atoms with Gasteiger partial charge in [-0.2, -0.15) is 0 Å². The van der Waals surface area contributed by atoms with Crippen LogP contribution in [0.25, 0.3) is 0 Å². The van der Waals surface area contributed by atoms with Crippen molar-refractivity contribution in [3.63, 3.8) is 0 Å². The molecule has 3 fully saturated rings. The van der Waals surface area contributed by atoms with Crippen LogP contribution in [0.15, 0.2) is 36.4 Å². The maximum Gasteiger partial charge on any atom is 0.336 e. The summed E-state index contributed by atoms with van der Waals surface area (Å²) in [5, 5.41) is 19.9. The molecule has 3 aliphatic rings. The van der Waals surface area contributed by atoms with Gasteiger partial charge in [0.1, 0.15) is 11.9 Å². The molecule has 5 heteroatoms. The zero-order chi connectivity index (χ0) is 27.6. The van der Waals surface area contributed by atoms with Crippen molar-refractivity contribution >= 4 is 5.97 Å². The number of aliphatic hydroxyl groups is 2. The first kappa shape index (κ1) is 30.1. The quantitative estimate of drug-likeness (QED) is 0.123. The molecule has 5 nitrogen and oxygen atoms in total. The van der Waals surface area contributed by atoms with Crippen molar-refractivity contribution in [2.75, 3.05) is 6.61 Å². The van der Waals surface area contributed by atoms with E-state index in [1.54, 1.807) is 0 Å². The molecule has 1 unspecified atom stereocenters. The largest absolute Gasteiger partial charge is 0.465 e. The number of carbonyl (C=O) groups is 1. The molecule has 39 heavy (non-hydrogen) atoms. The van der Waals surface area contributed by atoms with Crippen LogP contribution in [-0.4, -0.2) is 35.2 Å². The van der Waals surface area contributed by atoms with Gasteiger partial charge in [0.05, 0.1) is 12.2 Å². The van der Waals surface area contributed by atoms with Crippen molar-refractivity contribution in [2.24, 2.45) is 23.7 Å². The van der Waals surface area contributed by atoms with Crippen molar-refractivity contribution in [1.29, 1.82) is 0 Å². The molecule has 0 amide bonds. The number of hydrogen-bond acceptors (Lipinski definition) is 5. The fourth-order valence-corrected chi connectivity index (χ4v) is 7.40. The minimum absolute atomic E-state index is 0.101. The summed E-state index contributed by atoms with van der Waals surface area (Å²) in [4.78, 5) is 11.9. The Labute approximate surface area is 236 Å². The van der Waals surface area contributed by atoms with Gasteiger partial charge in [-0.3, -0.25) is 0 Å². The molecular formula is C34H52O5. The number of benzene rings is 1. The van der Waals surface area contributed by atoms with Crippen LogP contribution in [0.1, 0.15) is 121 Å².